The fourth-order valence-corrected chi connectivity index (χ4v) is 2.12. The van der Waals surface area contributed by atoms with Crippen LogP contribution in [0.25, 0.3) is 0 Å². The van der Waals surface area contributed by atoms with Gasteiger partial charge in [0.25, 0.3) is 0 Å². The van der Waals surface area contributed by atoms with Crippen LogP contribution in [-0.4, -0.2) is 5.71 Å². The van der Waals surface area contributed by atoms with Crippen LogP contribution in [0, 0.1) is 0 Å². The molecule has 0 amide bonds. The van der Waals surface area contributed by atoms with E-state index < -0.39 is 0 Å². The van der Waals surface area contributed by atoms with Crippen LogP contribution in [-0.2, 0) is 12.0 Å². The Balaban J connectivity index is 0.000000531. The molecule has 0 saturated carbocycles. The molecule has 0 spiro atoms. The van der Waals surface area contributed by atoms with Gasteiger partial charge in [-0.25, -0.2) is 0 Å². The second kappa shape index (κ2) is 4.61. The Morgan fingerprint density at radius 1 is 1.13 bits per heavy atom. The van der Waals surface area contributed by atoms with Gasteiger partial charge in [-0.05, 0) is 31.9 Å². The molecule has 0 radical (unpaired) electrons. The van der Waals surface area contributed by atoms with Crippen molar-refractivity contribution in [2.45, 2.75) is 46.6 Å². The second-order valence-corrected chi connectivity index (χ2v) is 4.24. The lowest BCUT2D eigenvalue weighted by atomic mass is 9.85. The average molecular weight is 203 g/mol. The summed E-state index contributed by atoms with van der Waals surface area (Å²) in [5, 5.41) is 0. The monoisotopic (exact) mass is 203 g/mol. The molecule has 82 valence electrons. The topological polar surface area (TPSA) is 12.4 Å². The number of hydrogen-bond acceptors (Lipinski definition) is 1. The minimum Gasteiger partial charge on any atom is -0.283 e. The summed E-state index contributed by atoms with van der Waals surface area (Å²) in [6, 6.07) is 8.59. The number of hydrogen-bond donors (Lipinski definition) is 0. The molecule has 1 aliphatic heterocycles. The van der Waals surface area contributed by atoms with Crippen molar-refractivity contribution in [1.29, 1.82) is 0 Å². The number of fused-ring (bicyclic) bond motifs is 1. The van der Waals surface area contributed by atoms with Crippen molar-refractivity contribution in [2.75, 3.05) is 0 Å². The molecule has 0 N–H and O–H groups in total. The predicted molar refractivity (Wildman–Crippen MR) is 67.6 cm³/mol. The molecule has 0 saturated heterocycles. The predicted octanol–water partition coefficient (Wildman–Crippen LogP) is 3.96. The van der Waals surface area contributed by atoms with Gasteiger partial charge < -0.3 is 0 Å². The molecule has 1 aliphatic rings. The van der Waals surface area contributed by atoms with Gasteiger partial charge in [0.2, 0.25) is 0 Å². The van der Waals surface area contributed by atoms with Gasteiger partial charge in [0, 0.05) is 12.1 Å². The lowest BCUT2D eigenvalue weighted by Crippen LogP contribution is -2.24. The van der Waals surface area contributed by atoms with Gasteiger partial charge in [-0.1, -0.05) is 38.1 Å². The molecule has 1 nitrogen and oxygen atoms in total. The smallest absolute Gasteiger partial charge is 0.0802 e. The Labute approximate surface area is 93.2 Å². The minimum atomic E-state index is -0.0288. The van der Waals surface area contributed by atoms with Crippen molar-refractivity contribution < 1.29 is 0 Å². The Morgan fingerprint density at radius 3 is 2.40 bits per heavy atom. The highest BCUT2D eigenvalue weighted by atomic mass is 14.9. The van der Waals surface area contributed by atoms with E-state index in [2.05, 4.69) is 50.0 Å². The maximum atomic E-state index is 4.67. The van der Waals surface area contributed by atoms with Crippen molar-refractivity contribution in [3.05, 3.63) is 35.4 Å². The summed E-state index contributed by atoms with van der Waals surface area (Å²) in [5.41, 5.74) is 4.02. The first-order chi connectivity index (χ1) is 7.09. The maximum absolute atomic E-state index is 4.67. The van der Waals surface area contributed by atoms with Crippen LogP contribution < -0.4 is 0 Å². The first-order valence-electron chi connectivity index (χ1n) is 5.73. The fourth-order valence-electron chi connectivity index (χ4n) is 2.12. The van der Waals surface area contributed by atoms with Gasteiger partial charge in [-0.2, -0.15) is 0 Å². The molecule has 15 heavy (non-hydrogen) atoms. The van der Waals surface area contributed by atoms with E-state index in [9.17, 15) is 0 Å². The molecule has 1 heteroatoms. The van der Waals surface area contributed by atoms with Gasteiger partial charge in [0.15, 0.2) is 0 Å². The zero-order chi connectivity index (χ0) is 11.5. The summed E-state index contributed by atoms with van der Waals surface area (Å²) in [6.45, 7) is 10.5. The lowest BCUT2D eigenvalue weighted by Gasteiger charge is -2.28. The Hall–Kier alpha value is -1.11. The third kappa shape index (κ3) is 2.47. The molecule has 1 aromatic rings. The molecule has 0 fully saturated rings. The van der Waals surface area contributed by atoms with Crippen LogP contribution in [0.3, 0.4) is 0 Å². The molecule has 2 rings (SSSR count). The number of benzene rings is 1. The highest BCUT2D eigenvalue weighted by Crippen LogP contribution is 2.31. The number of aliphatic imine (C=N–C) groups is 1. The molecule has 0 aromatic heterocycles. The normalized spacial score (nSPS) is 17.0. The summed E-state index contributed by atoms with van der Waals surface area (Å²) in [4.78, 5) is 4.67. The Morgan fingerprint density at radius 2 is 1.73 bits per heavy atom. The van der Waals surface area contributed by atoms with Crippen LogP contribution in [0.15, 0.2) is 29.3 Å². The van der Waals surface area contributed by atoms with E-state index in [1.54, 1.807) is 0 Å². The number of nitrogens with zero attached hydrogens (tertiary/aromatic N) is 1. The van der Waals surface area contributed by atoms with E-state index in [1.807, 2.05) is 13.8 Å². The van der Waals surface area contributed by atoms with Gasteiger partial charge >= 0.3 is 0 Å². The standard InChI is InChI=1S/C12H15N.C2H6/c1-9-8-10-6-4-5-7-11(10)12(2,3)13-9;1-2/h4-7H,8H2,1-3H3;1-2H3. The van der Waals surface area contributed by atoms with Crippen LogP contribution in [0.4, 0.5) is 0 Å². The van der Waals surface area contributed by atoms with Gasteiger partial charge in [0.1, 0.15) is 0 Å². The third-order valence-electron chi connectivity index (χ3n) is 2.59. The summed E-state index contributed by atoms with van der Waals surface area (Å²) < 4.78 is 0. The average Bonchev–Trinajstić information content (AvgIpc) is 2.19. The lowest BCUT2D eigenvalue weighted by molar-refractivity contribution is 0.543. The van der Waals surface area contributed by atoms with Crippen molar-refractivity contribution >= 4 is 5.71 Å². The molecule has 0 unspecified atom stereocenters. The van der Waals surface area contributed by atoms with Crippen molar-refractivity contribution in [3.8, 4) is 0 Å². The van der Waals surface area contributed by atoms with Crippen LogP contribution in [0.5, 0.6) is 0 Å². The fraction of sp³-hybridized carbons (Fsp3) is 0.500. The summed E-state index contributed by atoms with van der Waals surface area (Å²) in [6.07, 6.45) is 1.01. The first-order valence-corrected chi connectivity index (χ1v) is 5.73. The summed E-state index contributed by atoms with van der Waals surface area (Å²) >= 11 is 0. The van der Waals surface area contributed by atoms with Gasteiger partial charge in [0.05, 0.1) is 5.54 Å². The van der Waals surface area contributed by atoms with Crippen molar-refractivity contribution in [1.82, 2.24) is 0 Å². The Kier molecular flexibility index (Phi) is 3.67. The molecule has 0 atom stereocenters. The SMILES string of the molecule is CC.CC1=NC(C)(C)c2ccccc2C1. The molecular weight excluding hydrogens is 182 g/mol. The molecule has 1 heterocycles. The van der Waals surface area contributed by atoms with E-state index in [0.717, 1.165) is 6.42 Å². The first kappa shape index (κ1) is 12.0. The van der Waals surface area contributed by atoms with Crippen LogP contribution >= 0.6 is 0 Å². The van der Waals surface area contributed by atoms with Crippen LogP contribution in [0.2, 0.25) is 0 Å². The molecule has 1 aromatic carbocycles. The zero-order valence-electron chi connectivity index (χ0n) is 10.5. The quantitative estimate of drug-likeness (QED) is 0.605. The third-order valence-corrected chi connectivity index (χ3v) is 2.59. The van der Waals surface area contributed by atoms with E-state index in [4.69, 9.17) is 0 Å². The van der Waals surface area contributed by atoms with Gasteiger partial charge in [-0.15, -0.1) is 0 Å². The van der Waals surface area contributed by atoms with E-state index in [-0.39, 0.29) is 5.54 Å². The van der Waals surface area contributed by atoms with E-state index >= 15 is 0 Å². The van der Waals surface area contributed by atoms with Crippen molar-refractivity contribution in [3.63, 3.8) is 0 Å². The van der Waals surface area contributed by atoms with E-state index in [1.165, 1.54) is 16.8 Å². The zero-order valence-corrected chi connectivity index (χ0v) is 10.5. The molecule has 0 aliphatic carbocycles. The number of rotatable bonds is 0. The van der Waals surface area contributed by atoms with Crippen molar-refractivity contribution in [2.24, 2.45) is 4.99 Å². The Bertz CT molecular complexity index is 361. The van der Waals surface area contributed by atoms with Gasteiger partial charge in [-0.3, -0.25) is 4.99 Å². The van der Waals surface area contributed by atoms with E-state index in [0.29, 0.717) is 0 Å². The minimum absolute atomic E-state index is 0.0288. The van der Waals surface area contributed by atoms with Crippen LogP contribution in [0.1, 0.15) is 45.7 Å². The highest BCUT2D eigenvalue weighted by molar-refractivity contribution is 5.86. The molecular formula is C14H21N. The maximum Gasteiger partial charge on any atom is 0.0802 e. The summed E-state index contributed by atoms with van der Waals surface area (Å²) in [5.74, 6) is 0. The second-order valence-electron chi connectivity index (χ2n) is 4.24. The highest BCUT2D eigenvalue weighted by Gasteiger charge is 2.25. The molecule has 0 bridgehead atoms. The summed E-state index contributed by atoms with van der Waals surface area (Å²) in [7, 11) is 0. The largest absolute Gasteiger partial charge is 0.283 e.